The molecule has 1 aromatic heterocycles. The highest BCUT2D eigenvalue weighted by Gasteiger charge is 2.12. The molecule has 1 aromatic carbocycles. The number of nitrogens with one attached hydrogen (secondary N) is 1. The minimum Gasteiger partial charge on any atom is -0.398 e. The first-order valence-corrected chi connectivity index (χ1v) is 6.96. The molecule has 0 saturated heterocycles. The Balaban J connectivity index is 2.25. The third kappa shape index (κ3) is 3.44. The van der Waals surface area contributed by atoms with Gasteiger partial charge in [-0.3, -0.25) is 9.59 Å². The van der Waals surface area contributed by atoms with Gasteiger partial charge in [0.25, 0.3) is 11.5 Å². The summed E-state index contributed by atoms with van der Waals surface area (Å²) >= 11 is 6.02. The van der Waals surface area contributed by atoms with E-state index in [4.69, 9.17) is 17.3 Å². The third-order valence-electron chi connectivity index (χ3n) is 2.98. The molecule has 1 amide bonds. The van der Waals surface area contributed by atoms with Crippen molar-refractivity contribution in [2.45, 2.75) is 19.9 Å². The van der Waals surface area contributed by atoms with E-state index in [9.17, 15) is 9.59 Å². The largest absolute Gasteiger partial charge is 0.398 e. The number of rotatable bonds is 4. The molecular weight excluding hydrogens is 290 g/mol. The first-order valence-electron chi connectivity index (χ1n) is 6.58. The number of carbonyl (C=O) groups is 1. The Kier molecular flexibility index (Phi) is 4.65. The maximum Gasteiger partial charge on any atom is 0.257 e. The van der Waals surface area contributed by atoms with Crippen LogP contribution in [0.4, 0.5) is 11.4 Å². The van der Waals surface area contributed by atoms with Gasteiger partial charge in [-0.2, -0.15) is 0 Å². The molecule has 0 unspecified atom stereocenters. The molecule has 6 heteroatoms. The Hall–Kier alpha value is -2.27. The third-order valence-corrected chi connectivity index (χ3v) is 3.40. The summed E-state index contributed by atoms with van der Waals surface area (Å²) in [5.41, 5.74) is 6.76. The molecule has 0 aliphatic carbocycles. The molecule has 0 radical (unpaired) electrons. The summed E-state index contributed by atoms with van der Waals surface area (Å²) in [4.78, 5) is 23.8. The molecule has 0 saturated carbocycles. The maximum absolute atomic E-state index is 12.2. The number of carbonyl (C=O) groups excluding carboxylic acids is 1. The SMILES string of the molecule is CCCn1cc(NC(=O)c2cccc(N)c2Cl)ccc1=O. The Bertz CT molecular complexity index is 725. The number of aromatic nitrogens is 1. The number of nitrogens with zero attached hydrogens (tertiary/aromatic N) is 1. The lowest BCUT2D eigenvalue weighted by Crippen LogP contribution is -2.20. The number of nitrogens with two attached hydrogens (primary N) is 1. The standard InChI is InChI=1S/C15H16ClN3O2/c1-2-8-19-9-10(6-7-13(19)20)18-15(21)11-4-3-5-12(17)14(11)16/h3-7,9H,2,8,17H2,1H3,(H,18,21). The van der Waals surface area contributed by atoms with E-state index in [-0.39, 0.29) is 16.5 Å². The Morgan fingerprint density at radius 1 is 1.33 bits per heavy atom. The summed E-state index contributed by atoms with van der Waals surface area (Å²) in [5.74, 6) is -0.367. The predicted octanol–water partition coefficient (Wildman–Crippen LogP) is 2.75. The Labute approximate surface area is 127 Å². The van der Waals surface area contributed by atoms with Gasteiger partial charge in [0.1, 0.15) is 0 Å². The summed E-state index contributed by atoms with van der Waals surface area (Å²) in [6.07, 6.45) is 2.45. The molecule has 110 valence electrons. The van der Waals surface area contributed by atoms with Crippen molar-refractivity contribution in [2.24, 2.45) is 0 Å². The second-order valence-electron chi connectivity index (χ2n) is 4.61. The van der Waals surface area contributed by atoms with Crippen LogP contribution in [0.2, 0.25) is 5.02 Å². The van der Waals surface area contributed by atoms with E-state index in [0.29, 0.717) is 23.5 Å². The lowest BCUT2D eigenvalue weighted by Gasteiger charge is -2.10. The molecule has 0 aliphatic heterocycles. The number of hydrogen-bond donors (Lipinski definition) is 2. The van der Waals surface area contributed by atoms with Gasteiger partial charge in [-0.15, -0.1) is 0 Å². The smallest absolute Gasteiger partial charge is 0.257 e. The molecule has 2 aromatic rings. The van der Waals surface area contributed by atoms with Crippen LogP contribution >= 0.6 is 11.6 Å². The summed E-state index contributed by atoms with van der Waals surface area (Å²) in [6.45, 7) is 2.58. The van der Waals surface area contributed by atoms with Crippen LogP contribution in [0.3, 0.4) is 0 Å². The van der Waals surface area contributed by atoms with Gasteiger partial charge in [-0.1, -0.05) is 24.6 Å². The van der Waals surface area contributed by atoms with Gasteiger partial charge in [0.15, 0.2) is 0 Å². The number of anilines is 2. The molecule has 0 fully saturated rings. The quantitative estimate of drug-likeness (QED) is 0.853. The van der Waals surface area contributed by atoms with Gasteiger partial charge >= 0.3 is 0 Å². The number of aryl methyl sites for hydroxylation is 1. The molecule has 0 spiro atoms. The van der Waals surface area contributed by atoms with E-state index in [1.54, 1.807) is 35.0 Å². The molecule has 0 bridgehead atoms. The van der Waals surface area contributed by atoms with Gasteiger partial charge in [-0.25, -0.2) is 0 Å². The lowest BCUT2D eigenvalue weighted by molar-refractivity contribution is 0.102. The normalized spacial score (nSPS) is 10.4. The second kappa shape index (κ2) is 6.45. The zero-order valence-corrected chi connectivity index (χ0v) is 12.4. The van der Waals surface area contributed by atoms with Gasteiger partial charge in [0.05, 0.1) is 22.0 Å². The van der Waals surface area contributed by atoms with Gasteiger partial charge in [0, 0.05) is 18.8 Å². The molecule has 0 aliphatic rings. The monoisotopic (exact) mass is 305 g/mol. The van der Waals surface area contributed by atoms with E-state index in [1.807, 2.05) is 6.92 Å². The zero-order chi connectivity index (χ0) is 15.4. The Morgan fingerprint density at radius 2 is 2.10 bits per heavy atom. The van der Waals surface area contributed by atoms with Gasteiger partial charge in [0.2, 0.25) is 0 Å². The van der Waals surface area contributed by atoms with Crippen LogP contribution in [0, 0.1) is 0 Å². The summed E-state index contributed by atoms with van der Waals surface area (Å²) in [6, 6.07) is 7.86. The fourth-order valence-corrected chi connectivity index (χ4v) is 2.16. The van der Waals surface area contributed by atoms with Crippen LogP contribution in [-0.2, 0) is 6.54 Å². The minimum absolute atomic E-state index is 0.100. The molecule has 2 rings (SSSR count). The number of amides is 1. The van der Waals surface area contributed by atoms with E-state index >= 15 is 0 Å². The first kappa shape index (κ1) is 15.1. The first-order chi connectivity index (χ1) is 10.0. The highest BCUT2D eigenvalue weighted by molar-refractivity contribution is 6.36. The van der Waals surface area contributed by atoms with Crippen molar-refractivity contribution in [3.8, 4) is 0 Å². The van der Waals surface area contributed by atoms with Crippen LogP contribution in [0.5, 0.6) is 0 Å². The number of pyridine rings is 1. The lowest BCUT2D eigenvalue weighted by atomic mass is 10.2. The highest BCUT2D eigenvalue weighted by atomic mass is 35.5. The fraction of sp³-hybridized carbons (Fsp3) is 0.200. The zero-order valence-electron chi connectivity index (χ0n) is 11.6. The topological polar surface area (TPSA) is 77.1 Å². The van der Waals surface area contributed by atoms with Crippen LogP contribution in [-0.4, -0.2) is 10.5 Å². The van der Waals surface area contributed by atoms with Crippen molar-refractivity contribution in [3.05, 3.63) is 57.5 Å². The number of hydrogen-bond acceptors (Lipinski definition) is 3. The van der Waals surface area contributed by atoms with E-state index in [1.165, 1.54) is 6.07 Å². The van der Waals surface area contributed by atoms with E-state index in [0.717, 1.165) is 6.42 Å². The minimum atomic E-state index is -0.367. The van der Waals surface area contributed by atoms with Crippen molar-refractivity contribution >= 4 is 28.9 Å². The average molecular weight is 306 g/mol. The highest BCUT2D eigenvalue weighted by Crippen LogP contribution is 2.23. The summed E-state index contributed by atoms with van der Waals surface area (Å²) in [7, 11) is 0. The van der Waals surface area contributed by atoms with E-state index in [2.05, 4.69) is 5.32 Å². The van der Waals surface area contributed by atoms with Crippen LogP contribution in [0.15, 0.2) is 41.3 Å². The molecule has 5 nitrogen and oxygen atoms in total. The molecule has 1 heterocycles. The fourth-order valence-electron chi connectivity index (χ4n) is 1.94. The van der Waals surface area contributed by atoms with E-state index < -0.39 is 0 Å². The number of halogens is 1. The van der Waals surface area contributed by atoms with Crippen molar-refractivity contribution in [3.63, 3.8) is 0 Å². The summed E-state index contributed by atoms with van der Waals surface area (Å²) < 4.78 is 1.55. The van der Waals surface area contributed by atoms with Crippen molar-refractivity contribution < 1.29 is 4.79 Å². The maximum atomic E-state index is 12.2. The van der Waals surface area contributed by atoms with Crippen LogP contribution in [0.25, 0.3) is 0 Å². The van der Waals surface area contributed by atoms with Crippen molar-refractivity contribution in [1.29, 1.82) is 0 Å². The van der Waals surface area contributed by atoms with Crippen molar-refractivity contribution in [1.82, 2.24) is 4.57 Å². The second-order valence-corrected chi connectivity index (χ2v) is 4.99. The van der Waals surface area contributed by atoms with Crippen molar-refractivity contribution in [2.75, 3.05) is 11.1 Å². The Morgan fingerprint density at radius 3 is 2.81 bits per heavy atom. The number of nitrogen functional groups attached to an aromatic ring is 1. The molecule has 21 heavy (non-hydrogen) atoms. The predicted molar refractivity (Wildman–Crippen MR) is 84.8 cm³/mol. The molecule has 3 N–H and O–H groups in total. The van der Waals surface area contributed by atoms with Gasteiger partial charge < -0.3 is 15.6 Å². The molecule has 0 atom stereocenters. The average Bonchev–Trinajstić information content (AvgIpc) is 2.45. The summed E-state index contributed by atoms with van der Waals surface area (Å²) in [5, 5.41) is 2.93. The number of benzene rings is 1. The molecular formula is C15H16ClN3O2. The van der Waals surface area contributed by atoms with Gasteiger partial charge in [-0.05, 0) is 24.6 Å². The van der Waals surface area contributed by atoms with Crippen LogP contribution in [0.1, 0.15) is 23.7 Å². The van der Waals surface area contributed by atoms with Crippen LogP contribution < -0.4 is 16.6 Å².